The zero-order valence-electron chi connectivity index (χ0n) is 14.7. The average molecular weight is 345 g/mol. The molecule has 2 atom stereocenters. The molecular weight excluding hydrogens is 322 g/mol. The van der Waals surface area contributed by atoms with Gasteiger partial charge in [0.25, 0.3) is 11.8 Å². The Hall–Kier alpha value is -2.47. The molecule has 2 rings (SSSR count). The van der Waals surface area contributed by atoms with Gasteiger partial charge in [-0.05, 0) is 24.5 Å². The fourth-order valence-corrected chi connectivity index (χ4v) is 3.04. The van der Waals surface area contributed by atoms with Crippen molar-refractivity contribution >= 4 is 17.8 Å². The smallest absolute Gasteiger partial charge is 0.333 e. The molecule has 2 amide bonds. The lowest BCUT2D eigenvalue weighted by Gasteiger charge is -2.31. The highest BCUT2D eigenvalue weighted by atomic mass is 16.5. The van der Waals surface area contributed by atoms with Crippen molar-refractivity contribution < 1.29 is 24.2 Å². The maximum Gasteiger partial charge on any atom is 0.333 e. The normalized spacial score (nSPS) is 16.0. The summed E-state index contributed by atoms with van der Waals surface area (Å²) in [6.45, 7) is 7.48. The quantitative estimate of drug-likeness (QED) is 0.465. The lowest BCUT2D eigenvalue weighted by atomic mass is 9.94. The van der Waals surface area contributed by atoms with Gasteiger partial charge in [0.1, 0.15) is 0 Å². The number of esters is 1. The first-order valence-corrected chi connectivity index (χ1v) is 8.19. The lowest BCUT2D eigenvalue weighted by Crippen LogP contribution is -2.48. The Morgan fingerprint density at radius 1 is 1.20 bits per heavy atom. The highest BCUT2D eigenvalue weighted by Gasteiger charge is 2.42. The van der Waals surface area contributed by atoms with Crippen molar-refractivity contribution in [2.75, 3.05) is 7.11 Å². The molecule has 6 heteroatoms. The predicted octanol–water partition coefficient (Wildman–Crippen LogP) is 2.18. The molecule has 0 bridgehead atoms. The van der Waals surface area contributed by atoms with E-state index < -0.39 is 29.9 Å². The van der Waals surface area contributed by atoms with Gasteiger partial charge in [-0.2, -0.15) is 0 Å². The number of hydrogen-bond acceptors (Lipinski definition) is 5. The van der Waals surface area contributed by atoms with Crippen molar-refractivity contribution in [1.82, 2.24) is 4.90 Å². The number of benzene rings is 1. The first kappa shape index (κ1) is 18.9. The third kappa shape index (κ3) is 3.79. The highest BCUT2D eigenvalue weighted by Crippen LogP contribution is 2.29. The lowest BCUT2D eigenvalue weighted by molar-refractivity contribution is -0.136. The molecule has 0 saturated heterocycles. The van der Waals surface area contributed by atoms with Gasteiger partial charge in [0.2, 0.25) is 0 Å². The molecule has 1 aliphatic rings. The van der Waals surface area contributed by atoms with Crippen molar-refractivity contribution in [3.05, 3.63) is 47.5 Å². The third-order valence-electron chi connectivity index (χ3n) is 4.24. The van der Waals surface area contributed by atoms with Crippen LogP contribution in [0.15, 0.2) is 36.4 Å². The molecule has 6 nitrogen and oxygen atoms in total. The molecule has 0 aromatic heterocycles. The summed E-state index contributed by atoms with van der Waals surface area (Å²) in [5, 5.41) is 10.6. The summed E-state index contributed by atoms with van der Waals surface area (Å²) >= 11 is 0. The zero-order valence-corrected chi connectivity index (χ0v) is 14.7. The Morgan fingerprint density at radius 2 is 1.72 bits per heavy atom. The number of aliphatic hydroxyl groups excluding tert-OH is 1. The standard InChI is InChI=1S/C19H23NO5/c1-11(2)9-15(16(21)10-12(3)19(24)25-4)20-17(22)13-7-5-6-8-14(13)18(20)23/h5-8,11,15-16,21H,3,9-10H2,1-2,4H3/t15-,16-/m0/s1. The number of fused-ring (bicyclic) bond motifs is 1. The number of methoxy groups -OCH3 is 1. The monoisotopic (exact) mass is 345 g/mol. The number of amides is 2. The Kier molecular flexibility index (Phi) is 5.74. The van der Waals surface area contributed by atoms with Crippen LogP contribution in [0.4, 0.5) is 0 Å². The Balaban J connectivity index is 2.29. The van der Waals surface area contributed by atoms with Gasteiger partial charge in [0.15, 0.2) is 0 Å². The van der Waals surface area contributed by atoms with Crippen LogP contribution in [-0.2, 0) is 9.53 Å². The van der Waals surface area contributed by atoms with Crippen LogP contribution in [-0.4, -0.2) is 47.0 Å². The topological polar surface area (TPSA) is 83.9 Å². The maximum atomic E-state index is 12.7. The summed E-state index contributed by atoms with van der Waals surface area (Å²) in [6.07, 6.45) is -0.755. The number of rotatable bonds is 7. The minimum atomic E-state index is -1.10. The van der Waals surface area contributed by atoms with Gasteiger partial charge in [-0.25, -0.2) is 4.79 Å². The van der Waals surface area contributed by atoms with Crippen LogP contribution in [0.3, 0.4) is 0 Å². The molecule has 25 heavy (non-hydrogen) atoms. The Morgan fingerprint density at radius 3 is 2.16 bits per heavy atom. The van der Waals surface area contributed by atoms with Crippen molar-refractivity contribution in [2.45, 2.75) is 38.8 Å². The maximum absolute atomic E-state index is 12.7. The van der Waals surface area contributed by atoms with Crippen LogP contribution >= 0.6 is 0 Å². The Bertz CT molecular complexity index is 675. The first-order valence-electron chi connectivity index (χ1n) is 8.19. The van der Waals surface area contributed by atoms with Crippen LogP contribution in [0.2, 0.25) is 0 Å². The summed E-state index contributed by atoms with van der Waals surface area (Å²) in [5.74, 6) is -1.33. The minimum Gasteiger partial charge on any atom is -0.466 e. The molecule has 0 spiro atoms. The number of carbonyl (C=O) groups excluding carboxylic acids is 3. The van der Waals surface area contributed by atoms with E-state index >= 15 is 0 Å². The molecule has 1 aliphatic heterocycles. The van der Waals surface area contributed by atoms with Gasteiger partial charge >= 0.3 is 5.97 Å². The van der Waals surface area contributed by atoms with E-state index in [0.29, 0.717) is 17.5 Å². The predicted molar refractivity (Wildman–Crippen MR) is 92.0 cm³/mol. The second-order valence-corrected chi connectivity index (χ2v) is 6.59. The minimum absolute atomic E-state index is 0.0720. The van der Waals surface area contributed by atoms with E-state index in [-0.39, 0.29) is 17.9 Å². The van der Waals surface area contributed by atoms with Crippen molar-refractivity contribution in [1.29, 1.82) is 0 Å². The number of carbonyl (C=O) groups is 3. The van der Waals surface area contributed by atoms with E-state index in [1.165, 1.54) is 7.11 Å². The van der Waals surface area contributed by atoms with E-state index in [4.69, 9.17) is 0 Å². The van der Waals surface area contributed by atoms with Gasteiger partial charge in [-0.3, -0.25) is 14.5 Å². The number of ether oxygens (including phenoxy) is 1. The largest absolute Gasteiger partial charge is 0.466 e. The average Bonchev–Trinajstić information content (AvgIpc) is 2.83. The van der Waals surface area contributed by atoms with Crippen molar-refractivity contribution in [3.63, 3.8) is 0 Å². The second-order valence-electron chi connectivity index (χ2n) is 6.59. The fraction of sp³-hybridized carbons (Fsp3) is 0.421. The van der Waals surface area contributed by atoms with Crippen LogP contribution < -0.4 is 0 Å². The highest BCUT2D eigenvalue weighted by molar-refractivity contribution is 6.21. The number of imide groups is 1. The van der Waals surface area contributed by atoms with E-state index in [1.807, 2.05) is 13.8 Å². The summed E-state index contributed by atoms with van der Waals surface area (Å²) in [4.78, 5) is 38.0. The van der Waals surface area contributed by atoms with Crippen LogP contribution in [0.1, 0.15) is 47.4 Å². The summed E-state index contributed by atoms with van der Waals surface area (Å²) in [5.41, 5.74) is 0.765. The summed E-state index contributed by atoms with van der Waals surface area (Å²) in [6, 6.07) is 5.85. The molecule has 1 aromatic carbocycles. The van der Waals surface area contributed by atoms with Gasteiger partial charge in [-0.1, -0.05) is 32.6 Å². The molecule has 0 fully saturated rings. The zero-order chi connectivity index (χ0) is 18.7. The molecule has 1 aromatic rings. The van der Waals surface area contributed by atoms with Crippen LogP contribution in [0.5, 0.6) is 0 Å². The first-order chi connectivity index (χ1) is 11.8. The molecule has 1 N–H and O–H groups in total. The Labute approximate surface area is 147 Å². The SMILES string of the molecule is C=C(C[C@H](O)[C@H](CC(C)C)N1C(=O)c2ccccc2C1=O)C(=O)OC. The van der Waals surface area contributed by atoms with Crippen molar-refractivity contribution in [3.8, 4) is 0 Å². The van der Waals surface area contributed by atoms with Crippen LogP contribution in [0.25, 0.3) is 0 Å². The third-order valence-corrected chi connectivity index (χ3v) is 4.24. The molecule has 0 aliphatic carbocycles. The van der Waals surface area contributed by atoms with Crippen LogP contribution in [0, 0.1) is 5.92 Å². The number of nitrogens with zero attached hydrogens (tertiary/aromatic N) is 1. The van der Waals surface area contributed by atoms with Gasteiger partial charge in [0, 0.05) is 12.0 Å². The van der Waals surface area contributed by atoms with Crippen molar-refractivity contribution in [2.24, 2.45) is 5.92 Å². The van der Waals surface area contributed by atoms with E-state index in [1.54, 1.807) is 24.3 Å². The molecule has 0 saturated carbocycles. The molecular formula is C19H23NO5. The second kappa shape index (κ2) is 7.61. The summed E-state index contributed by atoms with van der Waals surface area (Å²) in [7, 11) is 1.23. The van der Waals surface area contributed by atoms with Gasteiger partial charge in [-0.15, -0.1) is 0 Å². The van der Waals surface area contributed by atoms with E-state index in [0.717, 1.165) is 4.90 Å². The van der Waals surface area contributed by atoms with E-state index in [2.05, 4.69) is 11.3 Å². The van der Waals surface area contributed by atoms with Gasteiger partial charge < -0.3 is 9.84 Å². The number of hydrogen-bond donors (Lipinski definition) is 1. The van der Waals surface area contributed by atoms with E-state index in [9.17, 15) is 19.5 Å². The summed E-state index contributed by atoms with van der Waals surface area (Å²) < 4.78 is 4.60. The number of aliphatic hydroxyl groups is 1. The molecule has 0 unspecified atom stereocenters. The fourth-order valence-electron chi connectivity index (χ4n) is 3.04. The molecule has 134 valence electrons. The van der Waals surface area contributed by atoms with Gasteiger partial charge in [0.05, 0.1) is 30.4 Å². The molecule has 0 radical (unpaired) electrons. The molecule has 1 heterocycles.